The third-order valence-electron chi connectivity index (χ3n) is 5.40. The minimum Gasteiger partial charge on any atom is -0.445 e. The highest BCUT2D eigenvalue weighted by Gasteiger charge is 2.38. The number of nitrogens with zero attached hydrogens (tertiary/aromatic N) is 1. The molecule has 1 aliphatic rings. The Morgan fingerprint density at radius 3 is 2.42 bits per heavy atom. The number of rotatable bonds is 7. The van der Waals surface area contributed by atoms with Gasteiger partial charge in [-0.3, -0.25) is 14.5 Å². The van der Waals surface area contributed by atoms with Crippen LogP contribution < -0.4 is 11.1 Å². The van der Waals surface area contributed by atoms with E-state index in [1.807, 2.05) is 6.07 Å². The zero-order valence-electron chi connectivity index (χ0n) is 17.7. The van der Waals surface area contributed by atoms with E-state index < -0.39 is 48.2 Å². The van der Waals surface area contributed by atoms with Crippen LogP contribution in [-0.2, 0) is 33.5 Å². The highest BCUT2D eigenvalue weighted by Crippen LogP contribution is 2.32. The van der Waals surface area contributed by atoms with Crippen LogP contribution in [-0.4, -0.2) is 41.4 Å². The monoisotopic (exact) mass is 463 g/mol. The molecular formula is C23H24F3N3O4. The predicted octanol–water partition coefficient (Wildman–Crippen LogP) is 3.02. The van der Waals surface area contributed by atoms with Gasteiger partial charge in [0.2, 0.25) is 11.8 Å². The summed E-state index contributed by atoms with van der Waals surface area (Å²) in [6.07, 6.45) is -4.86. The number of alkyl halides is 3. The maximum Gasteiger partial charge on any atom is 0.416 e. The van der Waals surface area contributed by atoms with Crippen molar-refractivity contribution in [3.05, 3.63) is 71.3 Å². The zero-order chi connectivity index (χ0) is 24.0. The molecule has 2 aromatic carbocycles. The van der Waals surface area contributed by atoms with Gasteiger partial charge in [0.25, 0.3) is 0 Å². The Balaban J connectivity index is 1.66. The number of halogens is 3. The molecule has 176 valence electrons. The van der Waals surface area contributed by atoms with Gasteiger partial charge < -0.3 is 15.8 Å². The fourth-order valence-electron chi connectivity index (χ4n) is 3.75. The fraction of sp³-hybridized carbons (Fsp3) is 0.348. The van der Waals surface area contributed by atoms with Crippen molar-refractivity contribution in [2.45, 2.75) is 44.1 Å². The van der Waals surface area contributed by atoms with E-state index in [0.717, 1.165) is 11.6 Å². The molecule has 33 heavy (non-hydrogen) atoms. The number of likely N-dealkylation sites (tertiary alicyclic amines) is 1. The maximum atomic E-state index is 13.3. The third kappa shape index (κ3) is 6.24. The van der Waals surface area contributed by atoms with Gasteiger partial charge >= 0.3 is 12.3 Å². The van der Waals surface area contributed by atoms with E-state index in [1.54, 1.807) is 24.3 Å². The second-order valence-corrected chi connectivity index (χ2v) is 7.71. The molecule has 1 fully saturated rings. The number of carbonyl (C=O) groups is 3. The van der Waals surface area contributed by atoms with E-state index in [4.69, 9.17) is 10.5 Å². The van der Waals surface area contributed by atoms with Gasteiger partial charge in [0.05, 0.1) is 5.56 Å². The number of carbonyl (C=O) groups excluding carboxylic acids is 3. The predicted molar refractivity (Wildman–Crippen MR) is 113 cm³/mol. The molecule has 0 aromatic heterocycles. The first-order chi connectivity index (χ1) is 15.7. The minimum atomic E-state index is -4.62. The van der Waals surface area contributed by atoms with Crippen molar-refractivity contribution in [2.24, 2.45) is 5.73 Å². The van der Waals surface area contributed by atoms with Gasteiger partial charge in [0.15, 0.2) is 0 Å². The van der Waals surface area contributed by atoms with Crippen LogP contribution in [0.3, 0.4) is 0 Å². The molecule has 3 rings (SSSR count). The van der Waals surface area contributed by atoms with E-state index in [-0.39, 0.29) is 18.7 Å². The first-order valence-electron chi connectivity index (χ1n) is 10.4. The highest BCUT2D eigenvalue weighted by atomic mass is 19.4. The molecule has 1 heterocycles. The zero-order valence-corrected chi connectivity index (χ0v) is 17.7. The Morgan fingerprint density at radius 2 is 1.76 bits per heavy atom. The van der Waals surface area contributed by atoms with Crippen LogP contribution in [0.2, 0.25) is 0 Å². The van der Waals surface area contributed by atoms with Crippen molar-refractivity contribution < 1.29 is 32.3 Å². The van der Waals surface area contributed by atoms with Gasteiger partial charge in [-0.1, -0.05) is 48.5 Å². The van der Waals surface area contributed by atoms with Crippen LogP contribution >= 0.6 is 0 Å². The first kappa shape index (κ1) is 24.1. The van der Waals surface area contributed by atoms with Crippen LogP contribution in [0.5, 0.6) is 0 Å². The Kier molecular flexibility index (Phi) is 7.57. The van der Waals surface area contributed by atoms with Crippen LogP contribution in [0, 0.1) is 0 Å². The van der Waals surface area contributed by atoms with Crippen molar-refractivity contribution in [1.82, 2.24) is 10.2 Å². The Labute approximate surface area is 188 Å². The van der Waals surface area contributed by atoms with Crippen LogP contribution in [0.15, 0.2) is 54.6 Å². The van der Waals surface area contributed by atoms with E-state index in [0.29, 0.717) is 12.8 Å². The number of nitrogens with one attached hydrogen (secondary N) is 1. The molecule has 1 aliphatic heterocycles. The smallest absolute Gasteiger partial charge is 0.416 e. The van der Waals surface area contributed by atoms with E-state index in [2.05, 4.69) is 5.32 Å². The molecule has 10 heteroatoms. The van der Waals surface area contributed by atoms with Crippen LogP contribution in [0.1, 0.15) is 29.5 Å². The largest absolute Gasteiger partial charge is 0.445 e. The molecule has 0 unspecified atom stereocenters. The average Bonchev–Trinajstić information content (AvgIpc) is 3.27. The summed E-state index contributed by atoms with van der Waals surface area (Å²) in [5, 5.41) is 2.41. The molecule has 7 nitrogen and oxygen atoms in total. The summed E-state index contributed by atoms with van der Waals surface area (Å²) >= 11 is 0. The Morgan fingerprint density at radius 1 is 1.09 bits per heavy atom. The quantitative estimate of drug-likeness (QED) is 0.659. The van der Waals surface area contributed by atoms with Gasteiger partial charge in [-0.2, -0.15) is 13.2 Å². The Bertz CT molecular complexity index is 998. The fourth-order valence-corrected chi connectivity index (χ4v) is 3.75. The summed E-state index contributed by atoms with van der Waals surface area (Å²) in [5.41, 5.74) is 5.07. The summed E-state index contributed by atoms with van der Waals surface area (Å²) in [6, 6.07) is 11.5. The average molecular weight is 463 g/mol. The van der Waals surface area contributed by atoms with Crippen molar-refractivity contribution in [3.63, 3.8) is 0 Å². The number of nitrogens with two attached hydrogens (primary N) is 1. The van der Waals surface area contributed by atoms with Gasteiger partial charge in [-0.05, 0) is 30.0 Å². The maximum absolute atomic E-state index is 13.3. The summed E-state index contributed by atoms with van der Waals surface area (Å²) in [7, 11) is 0. The number of amides is 3. The number of ether oxygens (including phenoxy) is 1. The topological polar surface area (TPSA) is 102 Å². The van der Waals surface area contributed by atoms with Crippen molar-refractivity contribution in [1.29, 1.82) is 0 Å². The normalized spacial score (nSPS) is 16.8. The lowest BCUT2D eigenvalue weighted by Gasteiger charge is -2.25. The minimum absolute atomic E-state index is 0.0304. The van der Waals surface area contributed by atoms with Crippen LogP contribution in [0.4, 0.5) is 18.0 Å². The second kappa shape index (κ2) is 10.4. The summed E-state index contributed by atoms with van der Waals surface area (Å²) < 4.78 is 45.1. The second-order valence-electron chi connectivity index (χ2n) is 7.71. The number of hydrogen-bond donors (Lipinski definition) is 2. The SMILES string of the molecule is NC(=O)[C@@H](Cc1ccccc1C(F)(F)F)NC(=O)[C@H]1CCCN1C(=O)OCc1ccccc1. The standard InChI is InChI=1S/C23H24F3N3O4/c24-23(25,26)17-10-5-4-9-16(17)13-18(20(27)30)28-21(31)19-11-6-12-29(19)22(32)33-14-15-7-2-1-3-8-15/h1-5,7-10,18-19H,6,11-14H2,(H2,27,30)(H,28,31)/t18-,19-/m1/s1. The highest BCUT2D eigenvalue weighted by molar-refractivity contribution is 5.91. The number of primary amides is 1. The first-order valence-corrected chi connectivity index (χ1v) is 10.4. The summed E-state index contributed by atoms with van der Waals surface area (Å²) in [4.78, 5) is 38.5. The molecule has 2 atom stereocenters. The lowest BCUT2D eigenvalue weighted by molar-refractivity contribution is -0.138. The van der Waals surface area contributed by atoms with Gasteiger partial charge in [-0.15, -0.1) is 0 Å². The van der Waals surface area contributed by atoms with Gasteiger partial charge in [0.1, 0.15) is 18.7 Å². The molecular weight excluding hydrogens is 439 g/mol. The van der Waals surface area contributed by atoms with Crippen LogP contribution in [0.25, 0.3) is 0 Å². The van der Waals surface area contributed by atoms with E-state index >= 15 is 0 Å². The molecule has 2 aromatic rings. The summed E-state index contributed by atoms with van der Waals surface area (Å²) in [6.45, 7) is 0.312. The molecule has 0 spiro atoms. The number of benzene rings is 2. The van der Waals surface area contributed by atoms with Gasteiger partial charge in [-0.25, -0.2) is 4.79 Å². The molecule has 1 saturated heterocycles. The van der Waals surface area contributed by atoms with Crippen molar-refractivity contribution in [3.8, 4) is 0 Å². The third-order valence-corrected chi connectivity index (χ3v) is 5.40. The molecule has 3 amide bonds. The molecule has 0 saturated carbocycles. The molecule has 0 bridgehead atoms. The molecule has 3 N–H and O–H groups in total. The van der Waals surface area contributed by atoms with Crippen molar-refractivity contribution >= 4 is 17.9 Å². The number of hydrogen-bond acceptors (Lipinski definition) is 4. The van der Waals surface area contributed by atoms with Crippen molar-refractivity contribution in [2.75, 3.05) is 6.54 Å². The van der Waals surface area contributed by atoms with E-state index in [9.17, 15) is 27.6 Å². The van der Waals surface area contributed by atoms with Gasteiger partial charge in [0, 0.05) is 13.0 Å². The van der Waals surface area contributed by atoms with E-state index in [1.165, 1.54) is 23.1 Å². The molecule has 0 aliphatic carbocycles. The lowest BCUT2D eigenvalue weighted by atomic mass is 9.99. The summed E-state index contributed by atoms with van der Waals surface area (Å²) in [5.74, 6) is -1.64. The molecule has 0 radical (unpaired) electrons. The Hall–Kier alpha value is -3.56. The lowest BCUT2D eigenvalue weighted by Crippen LogP contribution is -2.53.